The molecule has 3 rings (SSSR count). The first kappa shape index (κ1) is 24.7. The van der Waals surface area contributed by atoms with Gasteiger partial charge in [0.05, 0.1) is 11.3 Å². The van der Waals surface area contributed by atoms with E-state index < -0.39 is 16.0 Å². The van der Waals surface area contributed by atoms with Crippen molar-refractivity contribution in [3.05, 3.63) is 59.8 Å². The topological polar surface area (TPSA) is 107 Å². The fourth-order valence-corrected chi connectivity index (χ4v) is 5.09. The van der Waals surface area contributed by atoms with E-state index in [9.17, 15) is 18.0 Å². The van der Waals surface area contributed by atoms with Crippen LogP contribution in [0, 0.1) is 0 Å². The van der Waals surface area contributed by atoms with Crippen LogP contribution < -0.4 is 9.62 Å². The molecule has 0 saturated heterocycles. The van der Waals surface area contributed by atoms with Crippen molar-refractivity contribution in [2.45, 2.75) is 43.9 Å². The second-order valence-corrected chi connectivity index (χ2v) is 9.81. The molecule has 8 nitrogen and oxygen atoms in total. The summed E-state index contributed by atoms with van der Waals surface area (Å²) in [6.07, 6.45) is 12.1. The van der Waals surface area contributed by atoms with Gasteiger partial charge in [0.25, 0.3) is 0 Å². The zero-order valence-electron chi connectivity index (χ0n) is 18.9. The third-order valence-electron chi connectivity index (χ3n) is 5.66. The van der Waals surface area contributed by atoms with Crippen molar-refractivity contribution in [1.82, 2.24) is 9.62 Å². The number of hydrogen-bond donors (Lipinski definition) is 2. The number of anilines is 1. The van der Waals surface area contributed by atoms with E-state index in [1.54, 1.807) is 12.1 Å². The number of rotatable bonds is 11. The number of amides is 1. The second kappa shape index (κ2) is 11.3. The Hall–Kier alpha value is -2.91. The lowest BCUT2D eigenvalue weighted by molar-refractivity contribution is -0.138. The summed E-state index contributed by atoms with van der Waals surface area (Å²) >= 11 is 0. The summed E-state index contributed by atoms with van der Waals surface area (Å²) in [5.74, 6) is -1.28. The van der Waals surface area contributed by atoms with Crippen LogP contribution in [0.3, 0.4) is 0 Å². The Morgan fingerprint density at radius 2 is 1.97 bits per heavy atom. The maximum Gasteiger partial charge on any atom is 0.303 e. The lowest BCUT2D eigenvalue weighted by Gasteiger charge is -2.26. The predicted molar refractivity (Wildman–Crippen MR) is 127 cm³/mol. The summed E-state index contributed by atoms with van der Waals surface area (Å²) in [4.78, 5) is 27.0. The number of hydrogen-bond acceptors (Lipinski definition) is 5. The number of carboxylic acid groups (broad SMARTS) is 1. The van der Waals surface area contributed by atoms with Gasteiger partial charge < -0.3 is 14.9 Å². The van der Waals surface area contributed by atoms with Gasteiger partial charge >= 0.3 is 5.97 Å². The monoisotopic (exact) mass is 473 g/mol. The summed E-state index contributed by atoms with van der Waals surface area (Å²) in [6.45, 7) is 4.22. The van der Waals surface area contributed by atoms with Gasteiger partial charge in [-0.25, -0.2) is 13.1 Å². The molecular weight excluding hydrogens is 442 g/mol. The molecule has 0 spiro atoms. The van der Waals surface area contributed by atoms with Crippen molar-refractivity contribution in [3.8, 4) is 0 Å². The highest BCUT2D eigenvalue weighted by atomic mass is 32.2. The van der Waals surface area contributed by atoms with E-state index in [0.717, 1.165) is 30.6 Å². The number of sulfonamides is 1. The van der Waals surface area contributed by atoms with Gasteiger partial charge in [-0.15, -0.1) is 0 Å². The highest BCUT2D eigenvalue weighted by Crippen LogP contribution is 2.30. The van der Waals surface area contributed by atoms with Crippen LogP contribution in [0.15, 0.2) is 59.2 Å². The molecule has 0 fully saturated rings. The van der Waals surface area contributed by atoms with Crippen molar-refractivity contribution in [3.63, 3.8) is 0 Å². The minimum atomic E-state index is -3.69. The molecule has 1 amide bonds. The van der Waals surface area contributed by atoms with E-state index >= 15 is 0 Å². The van der Waals surface area contributed by atoms with E-state index in [2.05, 4.69) is 28.7 Å². The molecule has 1 aliphatic carbocycles. The molecule has 0 bridgehead atoms. The third kappa shape index (κ3) is 6.55. The lowest BCUT2D eigenvalue weighted by Crippen LogP contribution is -2.35. The Bertz CT molecular complexity index is 1080. The van der Waals surface area contributed by atoms with E-state index in [-0.39, 0.29) is 30.2 Å². The van der Waals surface area contributed by atoms with Gasteiger partial charge in [-0.05, 0) is 42.7 Å². The normalized spacial score (nSPS) is 15.2. The summed E-state index contributed by atoms with van der Waals surface area (Å²) in [6, 6.07) is 4.74. The maximum absolute atomic E-state index is 12.9. The zero-order chi connectivity index (χ0) is 23.8. The van der Waals surface area contributed by atoms with E-state index in [1.165, 1.54) is 11.0 Å². The van der Waals surface area contributed by atoms with E-state index in [4.69, 9.17) is 5.11 Å². The SMILES string of the molecule is CCCN(CCNS(=O)(=O)c1ccc2c(c1)CCN2C(=O)CCC(=O)O)C1=CC=CC=CC1. The molecule has 1 aromatic carbocycles. The van der Waals surface area contributed by atoms with Crippen molar-refractivity contribution in [2.75, 3.05) is 31.1 Å². The van der Waals surface area contributed by atoms with Crippen molar-refractivity contribution < 1.29 is 23.1 Å². The molecule has 2 aliphatic rings. The van der Waals surface area contributed by atoms with Crippen LogP contribution in [0.2, 0.25) is 0 Å². The third-order valence-corrected chi connectivity index (χ3v) is 7.12. The predicted octanol–water partition coefficient (Wildman–Crippen LogP) is 2.83. The molecule has 1 aliphatic heterocycles. The van der Waals surface area contributed by atoms with E-state index in [1.807, 2.05) is 18.2 Å². The number of nitrogens with zero attached hydrogens (tertiary/aromatic N) is 2. The molecule has 178 valence electrons. The highest BCUT2D eigenvalue weighted by molar-refractivity contribution is 7.89. The van der Waals surface area contributed by atoms with Gasteiger partial charge in [0.15, 0.2) is 0 Å². The average Bonchev–Trinajstić information content (AvgIpc) is 3.02. The molecule has 9 heteroatoms. The van der Waals surface area contributed by atoms with Crippen LogP contribution in [-0.4, -0.2) is 56.5 Å². The highest BCUT2D eigenvalue weighted by Gasteiger charge is 2.27. The largest absolute Gasteiger partial charge is 0.481 e. The Balaban J connectivity index is 1.63. The standard InChI is InChI=1S/C24H31N3O5S/c1-2-15-26(20-7-5-3-4-6-8-20)17-14-25-33(31,32)21-9-10-22-19(18-21)13-16-27(22)23(28)11-12-24(29)30/h3-7,9-10,18,25H,2,8,11-17H2,1H3,(H,29,30). The number of carbonyl (C=O) groups excluding carboxylic acids is 1. The van der Waals surface area contributed by atoms with Gasteiger partial charge in [-0.1, -0.05) is 31.2 Å². The van der Waals surface area contributed by atoms with Crippen LogP contribution in [-0.2, 0) is 26.0 Å². The Morgan fingerprint density at radius 3 is 2.73 bits per heavy atom. The Labute approximate surface area is 195 Å². The maximum atomic E-state index is 12.9. The number of carboxylic acids is 1. The number of carbonyl (C=O) groups is 2. The molecule has 33 heavy (non-hydrogen) atoms. The number of aliphatic carboxylic acids is 1. The van der Waals surface area contributed by atoms with Crippen molar-refractivity contribution in [1.29, 1.82) is 0 Å². The first-order valence-electron chi connectivity index (χ1n) is 11.2. The smallest absolute Gasteiger partial charge is 0.303 e. The average molecular weight is 474 g/mol. The Kier molecular flexibility index (Phi) is 8.46. The summed E-state index contributed by atoms with van der Waals surface area (Å²) < 4.78 is 28.5. The number of fused-ring (bicyclic) bond motifs is 1. The van der Waals surface area contributed by atoms with Crippen LogP contribution in [0.4, 0.5) is 5.69 Å². The van der Waals surface area contributed by atoms with Crippen molar-refractivity contribution in [2.24, 2.45) is 0 Å². The molecule has 0 atom stereocenters. The van der Waals surface area contributed by atoms with Crippen LogP contribution in [0.1, 0.15) is 38.2 Å². The molecule has 1 heterocycles. The summed E-state index contributed by atoms with van der Waals surface area (Å²) in [7, 11) is -3.69. The fraction of sp³-hybridized carbons (Fsp3) is 0.417. The van der Waals surface area contributed by atoms with Crippen LogP contribution in [0.25, 0.3) is 0 Å². The Morgan fingerprint density at radius 1 is 1.15 bits per heavy atom. The van der Waals surface area contributed by atoms with Gasteiger partial charge in [0.2, 0.25) is 15.9 Å². The fourth-order valence-electron chi connectivity index (χ4n) is 4.02. The van der Waals surface area contributed by atoms with Gasteiger partial charge in [0.1, 0.15) is 0 Å². The zero-order valence-corrected chi connectivity index (χ0v) is 19.7. The number of benzene rings is 1. The minimum absolute atomic E-state index is 0.0767. The molecule has 0 saturated carbocycles. The lowest BCUT2D eigenvalue weighted by atomic mass is 10.2. The molecule has 1 aromatic rings. The van der Waals surface area contributed by atoms with Crippen LogP contribution in [0.5, 0.6) is 0 Å². The van der Waals surface area contributed by atoms with E-state index in [0.29, 0.717) is 25.2 Å². The summed E-state index contributed by atoms with van der Waals surface area (Å²) in [5.41, 5.74) is 2.59. The first-order chi connectivity index (χ1) is 15.8. The number of allylic oxidation sites excluding steroid dienone is 5. The quantitative estimate of drug-likeness (QED) is 0.512. The van der Waals surface area contributed by atoms with Gasteiger partial charge in [-0.2, -0.15) is 0 Å². The first-order valence-corrected chi connectivity index (χ1v) is 12.7. The number of nitrogens with one attached hydrogen (secondary N) is 1. The van der Waals surface area contributed by atoms with Crippen molar-refractivity contribution >= 4 is 27.6 Å². The molecular formula is C24H31N3O5S. The molecule has 2 N–H and O–H groups in total. The van der Waals surface area contributed by atoms with Gasteiger partial charge in [-0.3, -0.25) is 9.59 Å². The molecule has 0 aromatic heterocycles. The summed E-state index contributed by atoms with van der Waals surface area (Å²) in [5, 5.41) is 8.79. The van der Waals surface area contributed by atoms with Crippen LogP contribution >= 0.6 is 0 Å². The molecule has 0 unspecified atom stereocenters. The molecule has 0 radical (unpaired) electrons. The minimum Gasteiger partial charge on any atom is -0.481 e. The van der Waals surface area contributed by atoms with Gasteiger partial charge in [0, 0.05) is 50.4 Å². The second-order valence-electron chi connectivity index (χ2n) is 8.04.